The van der Waals surface area contributed by atoms with Gasteiger partial charge in [0.25, 0.3) is 0 Å². The van der Waals surface area contributed by atoms with E-state index < -0.39 is 5.97 Å². The lowest BCUT2D eigenvalue weighted by molar-refractivity contribution is -0.155. The summed E-state index contributed by atoms with van der Waals surface area (Å²) in [4.78, 5) is 22.0. The standard InChI is InChI=1S/C11H16O4/c1-8(2)11(13)14-7-6-9-4-3-5-10(12)15-9/h9H,1,3-7H2,2H3. The van der Waals surface area contributed by atoms with Crippen LogP contribution in [-0.4, -0.2) is 24.6 Å². The van der Waals surface area contributed by atoms with Crippen molar-refractivity contribution < 1.29 is 19.1 Å². The van der Waals surface area contributed by atoms with Crippen molar-refractivity contribution >= 4 is 11.9 Å². The fraction of sp³-hybridized carbons (Fsp3) is 0.636. The Labute approximate surface area is 89.2 Å². The molecule has 0 radical (unpaired) electrons. The molecular formula is C11H16O4. The number of carbonyl (C=O) groups excluding carboxylic acids is 2. The minimum absolute atomic E-state index is 0.0934. The fourth-order valence-corrected chi connectivity index (χ4v) is 1.39. The Morgan fingerprint density at radius 2 is 2.40 bits per heavy atom. The van der Waals surface area contributed by atoms with Gasteiger partial charge >= 0.3 is 11.9 Å². The predicted molar refractivity (Wildman–Crippen MR) is 54.1 cm³/mol. The first-order valence-corrected chi connectivity index (χ1v) is 5.11. The molecule has 1 aliphatic heterocycles. The zero-order valence-corrected chi connectivity index (χ0v) is 8.95. The molecule has 0 spiro atoms. The van der Waals surface area contributed by atoms with Crippen LogP contribution in [0.1, 0.15) is 32.6 Å². The maximum Gasteiger partial charge on any atom is 0.333 e. The van der Waals surface area contributed by atoms with Gasteiger partial charge in [0.1, 0.15) is 6.10 Å². The average molecular weight is 212 g/mol. The molecule has 0 aromatic rings. The van der Waals surface area contributed by atoms with Gasteiger partial charge < -0.3 is 9.47 Å². The summed E-state index contributed by atoms with van der Waals surface area (Å²) < 4.78 is 9.99. The van der Waals surface area contributed by atoms with E-state index in [1.165, 1.54) is 0 Å². The summed E-state index contributed by atoms with van der Waals surface area (Å²) in [5.41, 5.74) is 0.385. The number of ether oxygens (including phenoxy) is 2. The molecule has 0 saturated carbocycles. The van der Waals surface area contributed by atoms with Crippen LogP contribution in [0.15, 0.2) is 12.2 Å². The molecule has 1 rings (SSSR count). The van der Waals surface area contributed by atoms with Gasteiger partial charge in [0.15, 0.2) is 0 Å². The Bertz CT molecular complexity index is 270. The molecule has 1 unspecified atom stereocenters. The first-order chi connectivity index (χ1) is 7.09. The number of carbonyl (C=O) groups is 2. The van der Waals surface area contributed by atoms with Gasteiger partial charge in [0, 0.05) is 18.4 Å². The summed E-state index contributed by atoms with van der Waals surface area (Å²) in [7, 11) is 0. The van der Waals surface area contributed by atoms with Crippen molar-refractivity contribution in [2.24, 2.45) is 0 Å². The number of hydrogen-bond acceptors (Lipinski definition) is 4. The van der Waals surface area contributed by atoms with E-state index in [0.29, 0.717) is 18.4 Å². The van der Waals surface area contributed by atoms with E-state index in [-0.39, 0.29) is 18.7 Å². The highest BCUT2D eigenvalue weighted by Gasteiger charge is 2.20. The highest BCUT2D eigenvalue weighted by molar-refractivity contribution is 5.86. The topological polar surface area (TPSA) is 52.6 Å². The molecule has 0 aromatic carbocycles. The molecule has 4 nitrogen and oxygen atoms in total. The van der Waals surface area contributed by atoms with Crippen LogP contribution in [0.4, 0.5) is 0 Å². The van der Waals surface area contributed by atoms with Crippen LogP contribution in [0.3, 0.4) is 0 Å². The van der Waals surface area contributed by atoms with Crippen LogP contribution in [-0.2, 0) is 19.1 Å². The number of cyclic esters (lactones) is 1. The lowest BCUT2D eigenvalue weighted by Crippen LogP contribution is -2.25. The molecule has 0 amide bonds. The minimum atomic E-state index is -0.392. The summed E-state index contributed by atoms with van der Waals surface area (Å²) in [5, 5.41) is 0. The molecule has 1 atom stereocenters. The van der Waals surface area contributed by atoms with Crippen LogP contribution < -0.4 is 0 Å². The van der Waals surface area contributed by atoms with Crippen LogP contribution >= 0.6 is 0 Å². The quantitative estimate of drug-likeness (QED) is 0.524. The average Bonchev–Trinajstić information content (AvgIpc) is 2.17. The fourth-order valence-electron chi connectivity index (χ4n) is 1.39. The Morgan fingerprint density at radius 1 is 1.67 bits per heavy atom. The Balaban J connectivity index is 2.17. The van der Waals surface area contributed by atoms with E-state index in [0.717, 1.165) is 12.8 Å². The van der Waals surface area contributed by atoms with Gasteiger partial charge in [-0.1, -0.05) is 6.58 Å². The molecule has 84 valence electrons. The largest absolute Gasteiger partial charge is 0.462 e. The summed E-state index contributed by atoms with van der Waals surface area (Å²) in [6, 6.07) is 0. The van der Waals surface area contributed by atoms with E-state index in [1.54, 1.807) is 6.92 Å². The summed E-state index contributed by atoms with van der Waals surface area (Å²) in [6.45, 7) is 5.35. The molecule has 4 heteroatoms. The van der Waals surface area contributed by atoms with Gasteiger partial charge in [-0.2, -0.15) is 0 Å². The number of rotatable bonds is 4. The zero-order chi connectivity index (χ0) is 11.3. The van der Waals surface area contributed by atoms with Gasteiger partial charge in [0.2, 0.25) is 0 Å². The second kappa shape index (κ2) is 5.53. The molecule has 0 bridgehead atoms. The van der Waals surface area contributed by atoms with E-state index in [2.05, 4.69) is 6.58 Å². The smallest absolute Gasteiger partial charge is 0.333 e. The third kappa shape index (κ3) is 4.14. The monoisotopic (exact) mass is 212 g/mol. The summed E-state index contributed by atoms with van der Waals surface area (Å²) >= 11 is 0. The molecule has 1 saturated heterocycles. The van der Waals surface area contributed by atoms with Gasteiger partial charge in [-0.15, -0.1) is 0 Å². The normalized spacial score (nSPS) is 20.6. The van der Waals surface area contributed by atoms with Gasteiger partial charge in [-0.25, -0.2) is 4.79 Å². The van der Waals surface area contributed by atoms with Crippen molar-refractivity contribution in [3.63, 3.8) is 0 Å². The van der Waals surface area contributed by atoms with Gasteiger partial charge in [0.05, 0.1) is 6.61 Å². The minimum Gasteiger partial charge on any atom is -0.462 e. The third-order valence-corrected chi connectivity index (χ3v) is 2.23. The lowest BCUT2D eigenvalue weighted by atomic mass is 10.1. The van der Waals surface area contributed by atoms with Gasteiger partial charge in [-0.05, 0) is 19.8 Å². The first-order valence-electron chi connectivity index (χ1n) is 5.11. The third-order valence-electron chi connectivity index (χ3n) is 2.23. The summed E-state index contributed by atoms with van der Waals surface area (Å²) in [6.07, 6.45) is 2.70. The maximum atomic E-state index is 11.0. The van der Waals surface area contributed by atoms with E-state index >= 15 is 0 Å². The van der Waals surface area contributed by atoms with Crippen molar-refractivity contribution in [1.82, 2.24) is 0 Å². The lowest BCUT2D eigenvalue weighted by Gasteiger charge is -2.21. The van der Waals surface area contributed by atoms with E-state index in [1.807, 2.05) is 0 Å². The molecule has 1 fully saturated rings. The van der Waals surface area contributed by atoms with Crippen molar-refractivity contribution in [2.45, 2.75) is 38.7 Å². The highest BCUT2D eigenvalue weighted by atomic mass is 16.6. The molecular weight excluding hydrogens is 196 g/mol. The van der Waals surface area contributed by atoms with Crippen molar-refractivity contribution in [3.8, 4) is 0 Å². The molecule has 1 heterocycles. The molecule has 0 aromatic heterocycles. The van der Waals surface area contributed by atoms with Crippen molar-refractivity contribution in [3.05, 3.63) is 12.2 Å². The maximum absolute atomic E-state index is 11.0. The second-order valence-electron chi connectivity index (χ2n) is 3.71. The van der Waals surface area contributed by atoms with Crippen molar-refractivity contribution in [2.75, 3.05) is 6.61 Å². The number of hydrogen-bond donors (Lipinski definition) is 0. The Morgan fingerprint density at radius 3 is 3.00 bits per heavy atom. The number of esters is 2. The Kier molecular flexibility index (Phi) is 4.34. The van der Waals surface area contributed by atoms with Gasteiger partial charge in [-0.3, -0.25) is 4.79 Å². The predicted octanol–water partition coefficient (Wildman–Crippen LogP) is 1.59. The molecule has 0 N–H and O–H groups in total. The molecule has 1 aliphatic rings. The summed E-state index contributed by atoms with van der Waals surface area (Å²) in [5.74, 6) is -0.547. The molecule has 15 heavy (non-hydrogen) atoms. The van der Waals surface area contributed by atoms with E-state index in [9.17, 15) is 9.59 Å². The van der Waals surface area contributed by atoms with E-state index in [4.69, 9.17) is 9.47 Å². The SMILES string of the molecule is C=C(C)C(=O)OCCC1CCCC(=O)O1. The van der Waals surface area contributed by atoms with Crippen LogP contribution in [0.5, 0.6) is 0 Å². The zero-order valence-electron chi connectivity index (χ0n) is 8.95. The second-order valence-corrected chi connectivity index (χ2v) is 3.71. The van der Waals surface area contributed by atoms with Crippen molar-refractivity contribution in [1.29, 1.82) is 0 Å². The van der Waals surface area contributed by atoms with Crippen LogP contribution in [0.25, 0.3) is 0 Å². The van der Waals surface area contributed by atoms with Crippen LogP contribution in [0.2, 0.25) is 0 Å². The van der Waals surface area contributed by atoms with Crippen LogP contribution in [0, 0.1) is 0 Å². The highest BCUT2D eigenvalue weighted by Crippen LogP contribution is 2.16. The molecule has 0 aliphatic carbocycles. The Hall–Kier alpha value is -1.32. The first kappa shape index (κ1) is 11.8.